The first kappa shape index (κ1) is 22.9. The average Bonchev–Trinajstić information content (AvgIpc) is 2.76. The quantitative estimate of drug-likeness (QED) is 0.358. The van der Waals surface area contributed by atoms with Crippen molar-refractivity contribution in [1.29, 1.82) is 0 Å². The van der Waals surface area contributed by atoms with Gasteiger partial charge in [0.1, 0.15) is 5.75 Å². The Balaban J connectivity index is 1.62. The van der Waals surface area contributed by atoms with Crippen LogP contribution in [0, 0.1) is 19.8 Å². The van der Waals surface area contributed by atoms with E-state index in [1.807, 2.05) is 0 Å². The normalized spacial score (nSPS) is 19.1. The van der Waals surface area contributed by atoms with E-state index >= 15 is 0 Å². The molecular formula is C29H42O. The number of benzene rings is 2. The number of unbranched alkanes of at least 4 members (excludes halogenated alkanes) is 3. The molecule has 0 spiro atoms. The zero-order valence-electron chi connectivity index (χ0n) is 19.8. The molecule has 0 radical (unpaired) electrons. The molecule has 164 valence electrons. The summed E-state index contributed by atoms with van der Waals surface area (Å²) in [6.07, 6.45) is 13.5. The fourth-order valence-electron chi connectivity index (χ4n) is 5.08. The van der Waals surface area contributed by atoms with Crippen molar-refractivity contribution in [3.8, 4) is 16.9 Å². The van der Waals surface area contributed by atoms with Crippen LogP contribution in [0.15, 0.2) is 36.4 Å². The summed E-state index contributed by atoms with van der Waals surface area (Å²) in [5.41, 5.74) is 6.90. The Kier molecular flexibility index (Phi) is 8.85. The molecule has 30 heavy (non-hydrogen) atoms. The summed E-state index contributed by atoms with van der Waals surface area (Å²) in [4.78, 5) is 0. The van der Waals surface area contributed by atoms with Gasteiger partial charge >= 0.3 is 0 Å². The fraction of sp³-hybridized carbons (Fsp3) is 0.586. The summed E-state index contributed by atoms with van der Waals surface area (Å²) in [6.45, 7) is 9.78. The lowest BCUT2D eigenvalue weighted by Gasteiger charge is -2.30. The Morgan fingerprint density at radius 3 is 2.07 bits per heavy atom. The van der Waals surface area contributed by atoms with Gasteiger partial charge < -0.3 is 4.74 Å². The number of hydrogen-bond donors (Lipinski definition) is 0. The second-order valence-corrected chi connectivity index (χ2v) is 9.47. The van der Waals surface area contributed by atoms with E-state index in [0.717, 1.165) is 30.6 Å². The van der Waals surface area contributed by atoms with E-state index in [-0.39, 0.29) is 0 Å². The minimum absolute atomic E-state index is 0.762. The van der Waals surface area contributed by atoms with Gasteiger partial charge in [-0.25, -0.2) is 0 Å². The lowest BCUT2D eigenvalue weighted by Crippen LogP contribution is -2.14. The van der Waals surface area contributed by atoms with Gasteiger partial charge in [0.15, 0.2) is 0 Å². The summed E-state index contributed by atoms with van der Waals surface area (Å²) in [6, 6.07) is 13.8. The van der Waals surface area contributed by atoms with Crippen LogP contribution >= 0.6 is 0 Å². The summed E-state index contributed by atoms with van der Waals surface area (Å²) in [5.74, 6) is 2.77. The Labute approximate surface area is 185 Å². The van der Waals surface area contributed by atoms with E-state index in [4.69, 9.17) is 4.74 Å². The van der Waals surface area contributed by atoms with Crippen LogP contribution in [-0.4, -0.2) is 6.61 Å². The van der Waals surface area contributed by atoms with Crippen LogP contribution < -0.4 is 4.74 Å². The summed E-state index contributed by atoms with van der Waals surface area (Å²) in [7, 11) is 0. The number of hydrogen-bond acceptors (Lipinski definition) is 1. The van der Waals surface area contributed by atoms with Gasteiger partial charge in [0.25, 0.3) is 0 Å². The van der Waals surface area contributed by atoms with Crippen molar-refractivity contribution in [3.05, 3.63) is 53.1 Å². The van der Waals surface area contributed by atoms with Gasteiger partial charge in [-0.05, 0) is 97.7 Å². The summed E-state index contributed by atoms with van der Waals surface area (Å²) >= 11 is 0. The molecule has 0 aliphatic heterocycles. The molecule has 1 aliphatic rings. The average molecular weight is 407 g/mol. The van der Waals surface area contributed by atoms with Crippen LogP contribution in [0.1, 0.15) is 101 Å². The van der Waals surface area contributed by atoms with Gasteiger partial charge in [0, 0.05) is 0 Å². The zero-order valence-corrected chi connectivity index (χ0v) is 19.8. The molecular weight excluding hydrogens is 364 g/mol. The topological polar surface area (TPSA) is 9.23 Å². The van der Waals surface area contributed by atoms with Crippen molar-refractivity contribution in [2.75, 3.05) is 6.61 Å². The largest absolute Gasteiger partial charge is 0.493 e. The highest BCUT2D eigenvalue weighted by atomic mass is 16.5. The van der Waals surface area contributed by atoms with Crippen LogP contribution in [-0.2, 0) is 0 Å². The number of rotatable bonds is 10. The molecule has 1 fully saturated rings. The standard InChI is InChI=1S/C29H42O/c1-5-7-9-10-24-11-13-25(14-12-24)28-17-15-26(20-22(28)3)27-16-18-29(23(4)21-27)30-19-8-6-2/h15-18,20-21,24-25H,5-14,19H2,1-4H3/t24-,25-. The van der Waals surface area contributed by atoms with Gasteiger partial charge in [0.05, 0.1) is 6.61 Å². The maximum absolute atomic E-state index is 5.93. The first-order valence-electron chi connectivity index (χ1n) is 12.5. The molecule has 0 saturated heterocycles. The van der Waals surface area contributed by atoms with Crippen molar-refractivity contribution in [1.82, 2.24) is 0 Å². The second kappa shape index (κ2) is 11.6. The fourth-order valence-corrected chi connectivity index (χ4v) is 5.08. The van der Waals surface area contributed by atoms with Crippen molar-refractivity contribution in [3.63, 3.8) is 0 Å². The predicted octanol–water partition coefficient (Wildman–Crippen LogP) is 9.00. The maximum atomic E-state index is 5.93. The third kappa shape index (κ3) is 6.13. The first-order chi connectivity index (χ1) is 14.6. The van der Waals surface area contributed by atoms with E-state index in [0.29, 0.717) is 0 Å². The minimum atomic E-state index is 0.762. The van der Waals surface area contributed by atoms with Gasteiger partial charge in [0.2, 0.25) is 0 Å². The van der Waals surface area contributed by atoms with E-state index in [9.17, 15) is 0 Å². The molecule has 1 nitrogen and oxygen atoms in total. The Morgan fingerprint density at radius 1 is 0.767 bits per heavy atom. The van der Waals surface area contributed by atoms with Gasteiger partial charge in [-0.2, -0.15) is 0 Å². The van der Waals surface area contributed by atoms with Crippen LogP contribution in [0.3, 0.4) is 0 Å². The van der Waals surface area contributed by atoms with Crippen LogP contribution in [0.4, 0.5) is 0 Å². The predicted molar refractivity (Wildman–Crippen MR) is 131 cm³/mol. The van der Waals surface area contributed by atoms with Gasteiger partial charge in [-0.1, -0.05) is 70.2 Å². The van der Waals surface area contributed by atoms with Gasteiger partial charge in [-0.3, -0.25) is 0 Å². The molecule has 2 aromatic rings. The molecule has 1 heteroatoms. The van der Waals surface area contributed by atoms with E-state index in [1.54, 1.807) is 5.56 Å². The lowest BCUT2D eigenvalue weighted by molar-refractivity contribution is 0.302. The molecule has 0 aromatic heterocycles. The van der Waals surface area contributed by atoms with Crippen molar-refractivity contribution < 1.29 is 4.74 Å². The molecule has 0 atom stereocenters. The Hall–Kier alpha value is -1.76. The Morgan fingerprint density at radius 2 is 1.43 bits per heavy atom. The minimum Gasteiger partial charge on any atom is -0.493 e. The molecule has 0 heterocycles. The van der Waals surface area contributed by atoms with Crippen molar-refractivity contribution in [2.24, 2.45) is 5.92 Å². The third-order valence-corrected chi connectivity index (χ3v) is 7.04. The monoisotopic (exact) mass is 406 g/mol. The maximum Gasteiger partial charge on any atom is 0.122 e. The molecule has 3 rings (SSSR count). The van der Waals surface area contributed by atoms with Crippen LogP contribution in [0.2, 0.25) is 0 Å². The molecule has 1 saturated carbocycles. The van der Waals surface area contributed by atoms with Gasteiger partial charge in [-0.15, -0.1) is 0 Å². The molecule has 2 aromatic carbocycles. The van der Waals surface area contributed by atoms with Crippen molar-refractivity contribution in [2.45, 2.75) is 97.8 Å². The van der Waals surface area contributed by atoms with E-state index in [2.05, 4.69) is 64.1 Å². The third-order valence-electron chi connectivity index (χ3n) is 7.04. The molecule has 0 unspecified atom stereocenters. The number of aryl methyl sites for hydroxylation is 2. The van der Waals surface area contributed by atoms with Crippen LogP contribution in [0.25, 0.3) is 11.1 Å². The summed E-state index contributed by atoms with van der Waals surface area (Å²) in [5, 5.41) is 0. The Bertz CT molecular complexity index is 783. The second-order valence-electron chi connectivity index (χ2n) is 9.47. The van der Waals surface area contributed by atoms with E-state index in [1.165, 1.54) is 80.0 Å². The molecule has 0 amide bonds. The van der Waals surface area contributed by atoms with Crippen molar-refractivity contribution >= 4 is 0 Å². The molecule has 0 bridgehead atoms. The van der Waals surface area contributed by atoms with Crippen LogP contribution in [0.5, 0.6) is 5.75 Å². The molecule has 1 aliphatic carbocycles. The number of ether oxygens (including phenoxy) is 1. The smallest absolute Gasteiger partial charge is 0.122 e. The highest BCUT2D eigenvalue weighted by molar-refractivity contribution is 5.67. The van der Waals surface area contributed by atoms with E-state index < -0.39 is 0 Å². The first-order valence-corrected chi connectivity index (χ1v) is 12.5. The SMILES string of the molecule is CCCCC[C@H]1CC[C@H](c2ccc(-c3ccc(OCCCC)c(C)c3)cc2C)CC1. The zero-order chi connectivity index (χ0) is 21.3. The molecule has 0 N–H and O–H groups in total. The highest BCUT2D eigenvalue weighted by Crippen LogP contribution is 2.39. The summed E-state index contributed by atoms with van der Waals surface area (Å²) < 4.78 is 5.93. The lowest BCUT2D eigenvalue weighted by atomic mass is 9.76. The highest BCUT2D eigenvalue weighted by Gasteiger charge is 2.23.